The fraction of sp³-hybridized carbons (Fsp3) is 0.391. The Morgan fingerprint density at radius 1 is 1.41 bits per heavy atom. The molecule has 0 bridgehead atoms. The van der Waals surface area contributed by atoms with E-state index in [1.165, 1.54) is 24.1 Å². The Morgan fingerprint density at radius 2 is 2.26 bits per heavy atom. The molecule has 1 aliphatic rings. The molecule has 1 aliphatic carbocycles. The van der Waals surface area contributed by atoms with Crippen LogP contribution in [0.2, 0.25) is 0 Å². The van der Waals surface area contributed by atoms with Crippen molar-refractivity contribution in [3.8, 4) is 22.4 Å². The Bertz CT molecular complexity index is 886. The first kappa shape index (κ1) is 19.4. The van der Waals surface area contributed by atoms with Crippen LogP contribution in [0.5, 0.6) is 5.75 Å². The summed E-state index contributed by atoms with van der Waals surface area (Å²) in [4.78, 5) is 5.76. The SMILES string of the molecule is CC(C)Oc1ccc(-c2ncc(C/C=C\C=C3/CCC[C@@H]3C)s2)cc1C#N. The van der Waals surface area contributed by atoms with Crippen LogP contribution in [-0.4, -0.2) is 11.1 Å². The lowest BCUT2D eigenvalue weighted by molar-refractivity contribution is 0.242. The lowest BCUT2D eigenvalue weighted by Crippen LogP contribution is -2.06. The molecule has 0 aliphatic heterocycles. The predicted octanol–water partition coefficient (Wildman–Crippen LogP) is 6.31. The van der Waals surface area contributed by atoms with Gasteiger partial charge in [0.15, 0.2) is 0 Å². The van der Waals surface area contributed by atoms with Crippen molar-refractivity contribution in [1.82, 2.24) is 4.98 Å². The number of thiazole rings is 1. The Morgan fingerprint density at radius 3 is 2.96 bits per heavy atom. The van der Waals surface area contributed by atoms with E-state index in [-0.39, 0.29) is 6.10 Å². The fourth-order valence-corrected chi connectivity index (χ4v) is 4.19. The molecule has 2 aromatic rings. The van der Waals surface area contributed by atoms with Gasteiger partial charge in [0.2, 0.25) is 0 Å². The summed E-state index contributed by atoms with van der Waals surface area (Å²) < 4.78 is 5.69. The molecule has 1 heterocycles. The average molecular weight is 379 g/mol. The van der Waals surface area contributed by atoms with Gasteiger partial charge in [-0.25, -0.2) is 4.98 Å². The summed E-state index contributed by atoms with van der Waals surface area (Å²) in [6.07, 6.45) is 13.4. The number of rotatable bonds is 6. The minimum absolute atomic E-state index is 0.0448. The van der Waals surface area contributed by atoms with Gasteiger partial charge in [0.1, 0.15) is 16.8 Å². The fourth-order valence-electron chi connectivity index (χ4n) is 3.31. The summed E-state index contributed by atoms with van der Waals surface area (Å²) in [6.45, 7) is 6.23. The maximum Gasteiger partial charge on any atom is 0.137 e. The van der Waals surface area contributed by atoms with Crippen molar-refractivity contribution >= 4 is 11.3 Å². The summed E-state index contributed by atoms with van der Waals surface area (Å²) in [7, 11) is 0. The number of ether oxygens (including phenoxy) is 1. The van der Waals surface area contributed by atoms with Gasteiger partial charge in [-0.3, -0.25) is 0 Å². The highest BCUT2D eigenvalue weighted by Crippen LogP contribution is 2.31. The maximum atomic E-state index is 9.40. The normalized spacial score (nSPS) is 18.5. The third-order valence-electron chi connectivity index (χ3n) is 4.76. The second kappa shape index (κ2) is 9.01. The van der Waals surface area contributed by atoms with Crippen molar-refractivity contribution in [2.45, 2.75) is 52.6 Å². The minimum atomic E-state index is 0.0448. The van der Waals surface area contributed by atoms with Gasteiger partial charge in [-0.1, -0.05) is 30.7 Å². The van der Waals surface area contributed by atoms with Crippen molar-refractivity contribution < 1.29 is 4.74 Å². The number of nitrogens with zero attached hydrogens (tertiary/aromatic N) is 2. The van der Waals surface area contributed by atoms with Gasteiger partial charge in [-0.2, -0.15) is 5.26 Å². The van der Waals surface area contributed by atoms with Crippen molar-refractivity contribution in [2.75, 3.05) is 0 Å². The van der Waals surface area contributed by atoms with Crippen LogP contribution >= 0.6 is 11.3 Å². The van der Waals surface area contributed by atoms with Crippen molar-refractivity contribution in [3.05, 3.63) is 58.6 Å². The number of hydrogen-bond donors (Lipinski definition) is 0. The molecule has 0 unspecified atom stereocenters. The predicted molar refractivity (Wildman–Crippen MR) is 112 cm³/mol. The Hall–Kier alpha value is -2.38. The number of allylic oxidation sites excluding steroid dienone is 4. The lowest BCUT2D eigenvalue weighted by atomic mass is 10.1. The average Bonchev–Trinajstić information content (AvgIpc) is 3.28. The maximum absolute atomic E-state index is 9.40. The highest BCUT2D eigenvalue weighted by molar-refractivity contribution is 7.15. The van der Waals surface area contributed by atoms with Crippen LogP contribution in [0.4, 0.5) is 0 Å². The molecule has 1 fully saturated rings. The standard InChI is InChI=1S/C23H26N2OS/c1-16(2)26-22-12-11-19(13-20(22)14-24)23-25-15-21(27-23)10-5-4-8-18-9-6-7-17(18)3/h4-5,8,11-13,15-17H,6-7,9-10H2,1-3H3/b5-4-,18-8+/t17-/m0/s1. The summed E-state index contributed by atoms with van der Waals surface area (Å²) in [5.74, 6) is 1.37. The third-order valence-corrected chi connectivity index (χ3v) is 5.83. The smallest absolute Gasteiger partial charge is 0.137 e. The molecular weight excluding hydrogens is 352 g/mol. The van der Waals surface area contributed by atoms with E-state index in [0.717, 1.165) is 22.9 Å². The van der Waals surface area contributed by atoms with Crippen LogP contribution in [0.25, 0.3) is 10.6 Å². The Balaban J connectivity index is 1.67. The molecule has 0 spiro atoms. The molecule has 3 rings (SSSR count). The number of aromatic nitrogens is 1. The highest BCUT2D eigenvalue weighted by Gasteiger charge is 2.14. The van der Waals surface area contributed by atoms with Crippen LogP contribution in [0.15, 0.2) is 48.2 Å². The second-order valence-electron chi connectivity index (χ2n) is 7.29. The van der Waals surface area contributed by atoms with Gasteiger partial charge in [0.25, 0.3) is 0 Å². The summed E-state index contributed by atoms with van der Waals surface area (Å²) in [6, 6.07) is 7.93. The molecule has 1 atom stereocenters. The molecule has 0 saturated heterocycles. The zero-order chi connectivity index (χ0) is 19.2. The summed E-state index contributed by atoms with van der Waals surface area (Å²) in [5.41, 5.74) is 3.09. The third kappa shape index (κ3) is 5.08. The summed E-state index contributed by atoms with van der Waals surface area (Å²) >= 11 is 1.67. The van der Waals surface area contributed by atoms with E-state index in [1.54, 1.807) is 16.9 Å². The van der Waals surface area contributed by atoms with Gasteiger partial charge >= 0.3 is 0 Å². The first-order chi connectivity index (χ1) is 13.1. The molecule has 27 heavy (non-hydrogen) atoms. The largest absolute Gasteiger partial charge is 0.490 e. The van der Waals surface area contributed by atoms with E-state index >= 15 is 0 Å². The van der Waals surface area contributed by atoms with E-state index in [0.29, 0.717) is 11.3 Å². The first-order valence-corrected chi connectivity index (χ1v) is 10.4. The molecule has 1 aromatic heterocycles. The molecule has 1 aromatic carbocycles. The van der Waals surface area contributed by atoms with Gasteiger partial charge in [-0.15, -0.1) is 11.3 Å². The molecule has 0 radical (unpaired) electrons. The topological polar surface area (TPSA) is 45.9 Å². The van der Waals surface area contributed by atoms with Gasteiger partial charge in [-0.05, 0) is 57.2 Å². The van der Waals surface area contributed by atoms with Crippen LogP contribution in [0, 0.1) is 17.2 Å². The molecule has 1 saturated carbocycles. The van der Waals surface area contributed by atoms with Crippen LogP contribution in [0.1, 0.15) is 50.5 Å². The molecule has 3 nitrogen and oxygen atoms in total. The Kier molecular flexibility index (Phi) is 6.47. The molecule has 140 valence electrons. The van der Waals surface area contributed by atoms with Crippen molar-refractivity contribution in [3.63, 3.8) is 0 Å². The number of hydrogen-bond acceptors (Lipinski definition) is 4. The summed E-state index contributed by atoms with van der Waals surface area (Å²) in [5, 5.41) is 10.3. The van der Waals surface area contributed by atoms with Crippen molar-refractivity contribution in [1.29, 1.82) is 5.26 Å². The van der Waals surface area contributed by atoms with Crippen LogP contribution < -0.4 is 4.74 Å². The van der Waals surface area contributed by atoms with Gasteiger partial charge < -0.3 is 4.74 Å². The Labute approximate surface area is 166 Å². The monoisotopic (exact) mass is 378 g/mol. The quantitative estimate of drug-likeness (QED) is 0.591. The molecule has 4 heteroatoms. The van der Waals surface area contributed by atoms with E-state index in [2.05, 4.69) is 36.2 Å². The van der Waals surface area contributed by atoms with Gasteiger partial charge in [0.05, 0.1) is 11.7 Å². The van der Waals surface area contributed by atoms with Crippen LogP contribution in [0.3, 0.4) is 0 Å². The minimum Gasteiger partial charge on any atom is -0.490 e. The second-order valence-corrected chi connectivity index (χ2v) is 8.40. The first-order valence-electron chi connectivity index (χ1n) is 9.58. The molecular formula is C23H26N2OS. The van der Waals surface area contributed by atoms with Crippen molar-refractivity contribution in [2.24, 2.45) is 5.92 Å². The van der Waals surface area contributed by atoms with E-state index < -0.39 is 0 Å². The van der Waals surface area contributed by atoms with E-state index in [9.17, 15) is 5.26 Å². The molecule has 0 N–H and O–H groups in total. The lowest BCUT2D eigenvalue weighted by Gasteiger charge is -2.11. The zero-order valence-corrected chi connectivity index (χ0v) is 17.1. The van der Waals surface area contributed by atoms with Gasteiger partial charge in [0, 0.05) is 23.1 Å². The number of benzene rings is 1. The highest BCUT2D eigenvalue weighted by atomic mass is 32.1. The van der Waals surface area contributed by atoms with E-state index in [1.807, 2.05) is 38.2 Å². The van der Waals surface area contributed by atoms with E-state index in [4.69, 9.17) is 4.74 Å². The van der Waals surface area contributed by atoms with Crippen LogP contribution in [-0.2, 0) is 6.42 Å². The zero-order valence-electron chi connectivity index (χ0n) is 16.2. The number of nitriles is 1. The molecule has 0 amide bonds.